The molecule has 0 N–H and O–H groups in total. The number of nitrogens with zero attached hydrogens (tertiary/aromatic N) is 1. The summed E-state index contributed by atoms with van der Waals surface area (Å²) in [5.74, 6) is 0. The van der Waals surface area contributed by atoms with Gasteiger partial charge < -0.3 is 0 Å². The molecule has 1 nitrogen and oxygen atoms in total. The van der Waals surface area contributed by atoms with Crippen LogP contribution in [-0.4, -0.2) is 0 Å². The summed E-state index contributed by atoms with van der Waals surface area (Å²) in [6, 6.07) is 8.16. The molecule has 2 aliphatic rings. The Kier molecular flexibility index (Phi) is 1.28. The Labute approximate surface area is 76.4 Å². The van der Waals surface area contributed by atoms with Crippen molar-refractivity contribution in [3.63, 3.8) is 0 Å². The minimum Gasteiger partial charge on any atom is -0.248 e. The van der Waals surface area contributed by atoms with Crippen LogP contribution >= 0.6 is 0 Å². The highest BCUT2D eigenvalue weighted by molar-refractivity contribution is 5.76. The van der Waals surface area contributed by atoms with Gasteiger partial charge >= 0.3 is 0 Å². The zero-order valence-electron chi connectivity index (χ0n) is 6.99. The average molecular weight is 165 g/mol. The third-order valence-electron chi connectivity index (χ3n) is 2.25. The first kappa shape index (κ1) is 6.84. The Morgan fingerprint density at radius 3 is 3.08 bits per heavy atom. The molecule has 1 heterocycles. The summed E-state index contributed by atoms with van der Waals surface area (Å²) >= 11 is 0. The Morgan fingerprint density at radius 2 is 2.08 bits per heavy atom. The zero-order chi connectivity index (χ0) is 8.67. The lowest BCUT2D eigenvalue weighted by Crippen LogP contribution is -2.21. The second-order valence-corrected chi connectivity index (χ2v) is 3.06. The SMILES string of the molecule is [C]1C=CC=C2N=c3ccccc3=C12. The first-order valence-corrected chi connectivity index (χ1v) is 4.27. The van der Waals surface area contributed by atoms with E-state index in [4.69, 9.17) is 0 Å². The number of para-hydroxylation sites is 1. The van der Waals surface area contributed by atoms with E-state index in [1.54, 1.807) is 0 Å². The molecule has 0 unspecified atom stereocenters. The summed E-state index contributed by atoms with van der Waals surface area (Å²) in [4.78, 5) is 4.48. The van der Waals surface area contributed by atoms with E-state index < -0.39 is 0 Å². The normalized spacial score (nSPS) is 17.5. The van der Waals surface area contributed by atoms with E-state index in [1.807, 2.05) is 36.4 Å². The predicted molar refractivity (Wildman–Crippen MR) is 51.1 cm³/mol. The van der Waals surface area contributed by atoms with Crippen molar-refractivity contribution in [3.8, 4) is 0 Å². The van der Waals surface area contributed by atoms with E-state index in [-0.39, 0.29) is 0 Å². The summed E-state index contributed by atoms with van der Waals surface area (Å²) in [6.07, 6.45) is 9.12. The van der Waals surface area contributed by atoms with Crippen LogP contribution in [0.5, 0.6) is 0 Å². The molecule has 13 heavy (non-hydrogen) atoms. The quantitative estimate of drug-likeness (QED) is 0.544. The lowest BCUT2D eigenvalue weighted by Gasteiger charge is -2.02. The van der Waals surface area contributed by atoms with Crippen molar-refractivity contribution >= 4 is 5.57 Å². The van der Waals surface area contributed by atoms with E-state index in [9.17, 15) is 0 Å². The smallest absolute Gasteiger partial charge is 0.0713 e. The standard InChI is InChI=1S/C12H7N/c1-3-7-11-9(5-1)10-6-2-4-8-12(10)13-11/h1-5,7-8H. The lowest BCUT2D eigenvalue weighted by atomic mass is 10.0. The average Bonchev–Trinajstić information content (AvgIpc) is 2.56. The molecule has 2 radical (unpaired) electrons. The molecular formula is C12H7N. The van der Waals surface area contributed by atoms with Crippen LogP contribution in [0.15, 0.2) is 53.2 Å². The fourth-order valence-electron chi connectivity index (χ4n) is 1.65. The van der Waals surface area contributed by atoms with E-state index in [1.165, 1.54) is 5.22 Å². The Hall–Kier alpha value is -1.63. The molecule has 0 aromatic heterocycles. The third kappa shape index (κ3) is 0.903. The van der Waals surface area contributed by atoms with Crippen LogP contribution in [0.1, 0.15) is 0 Å². The van der Waals surface area contributed by atoms with E-state index in [0.29, 0.717) is 0 Å². The number of rotatable bonds is 0. The topological polar surface area (TPSA) is 12.4 Å². The number of allylic oxidation sites excluding steroid dienone is 4. The van der Waals surface area contributed by atoms with Gasteiger partial charge in [-0.3, -0.25) is 0 Å². The number of benzene rings is 1. The molecule has 60 valence electrons. The first-order chi connectivity index (χ1) is 6.45. The highest BCUT2D eigenvalue weighted by Crippen LogP contribution is 2.20. The van der Waals surface area contributed by atoms with E-state index in [2.05, 4.69) is 17.5 Å². The van der Waals surface area contributed by atoms with Gasteiger partial charge in [-0.15, -0.1) is 0 Å². The lowest BCUT2D eigenvalue weighted by molar-refractivity contribution is 1.31. The molecule has 1 aliphatic heterocycles. The van der Waals surface area contributed by atoms with Crippen molar-refractivity contribution in [1.82, 2.24) is 0 Å². The summed E-state index contributed by atoms with van der Waals surface area (Å²) in [6.45, 7) is 0. The summed E-state index contributed by atoms with van der Waals surface area (Å²) in [5.41, 5.74) is 2.15. The van der Waals surface area contributed by atoms with Crippen molar-refractivity contribution in [2.45, 2.75) is 0 Å². The molecule has 0 amide bonds. The van der Waals surface area contributed by atoms with Crippen LogP contribution in [0, 0.1) is 6.42 Å². The van der Waals surface area contributed by atoms with Crippen LogP contribution in [-0.2, 0) is 0 Å². The molecule has 0 spiro atoms. The molecule has 1 aromatic rings. The number of hydrogen-bond acceptors (Lipinski definition) is 1. The van der Waals surface area contributed by atoms with Crippen molar-refractivity contribution in [2.75, 3.05) is 0 Å². The van der Waals surface area contributed by atoms with Crippen molar-refractivity contribution in [2.24, 2.45) is 4.99 Å². The summed E-state index contributed by atoms with van der Waals surface area (Å²) < 4.78 is 0. The van der Waals surface area contributed by atoms with Gasteiger partial charge in [-0.2, -0.15) is 0 Å². The zero-order valence-corrected chi connectivity index (χ0v) is 6.99. The molecule has 0 atom stereocenters. The van der Waals surface area contributed by atoms with Gasteiger partial charge in [0.05, 0.1) is 11.1 Å². The molecule has 0 saturated heterocycles. The maximum Gasteiger partial charge on any atom is 0.0713 e. The Bertz CT molecular complexity index is 532. The van der Waals surface area contributed by atoms with Crippen LogP contribution in [0.25, 0.3) is 5.57 Å². The van der Waals surface area contributed by atoms with Gasteiger partial charge in [0, 0.05) is 11.6 Å². The van der Waals surface area contributed by atoms with Crippen LogP contribution < -0.4 is 10.6 Å². The van der Waals surface area contributed by atoms with E-state index in [0.717, 1.165) is 16.6 Å². The monoisotopic (exact) mass is 165 g/mol. The maximum atomic E-state index is 4.48. The highest BCUT2D eigenvalue weighted by Gasteiger charge is 2.12. The Morgan fingerprint density at radius 1 is 1.15 bits per heavy atom. The molecule has 3 rings (SSSR count). The summed E-state index contributed by atoms with van der Waals surface area (Å²) in [5, 5.41) is 2.25. The van der Waals surface area contributed by atoms with Crippen molar-refractivity contribution in [3.05, 3.63) is 65.2 Å². The molecule has 1 aromatic carbocycles. The van der Waals surface area contributed by atoms with Gasteiger partial charge in [0.2, 0.25) is 0 Å². The molecular weight excluding hydrogens is 158 g/mol. The first-order valence-electron chi connectivity index (χ1n) is 4.27. The van der Waals surface area contributed by atoms with Crippen LogP contribution in [0.4, 0.5) is 0 Å². The highest BCUT2D eigenvalue weighted by atomic mass is 14.8. The molecule has 0 fully saturated rings. The van der Waals surface area contributed by atoms with E-state index >= 15 is 0 Å². The van der Waals surface area contributed by atoms with Crippen molar-refractivity contribution < 1.29 is 0 Å². The Balaban J connectivity index is 2.46. The van der Waals surface area contributed by atoms with Gasteiger partial charge in [-0.1, -0.05) is 30.4 Å². The predicted octanol–water partition coefficient (Wildman–Crippen LogP) is 1.01. The molecule has 1 aliphatic carbocycles. The minimum atomic E-state index is 1.03. The maximum absolute atomic E-state index is 4.48. The minimum absolute atomic E-state index is 1.03. The summed E-state index contributed by atoms with van der Waals surface area (Å²) in [7, 11) is 0. The van der Waals surface area contributed by atoms with Crippen molar-refractivity contribution in [1.29, 1.82) is 0 Å². The van der Waals surface area contributed by atoms with Gasteiger partial charge in [0.25, 0.3) is 0 Å². The molecule has 0 saturated carbocycles. The number of fused-ring (bicyclic) bond motifs is 2. The van der Waals surface area contributed by atoms with Crippen LogP contribution in [0.2, 0.25) is 0 Å². The van der Waals surface area contributed by atoms with Gasteiger partial charge in [-0.25, -0.2) is 4.99 Å². The fraction of sp³-hybridized carbons (Fsp3) is 0. The second kappa shape index (κ2) is 2.43. The largest absolute Gasteiger partial charge is 0.248 e. The molecule has 1 heteroatoms. The third-order valence-corrected chi connectivity index (χ3v) is 2.25. The van der Waals surface area contributed by atoms with Gasteiger partial charge in [0.1, 0.15) is 0 Å². The van der Waals surface area contributed by atoms with Gasteiger partial charge in [0.15, 0.2) is 0 Å². The molecule has 0 bridgehead atoms. The van der Waals surface area contributed by atoms with Gasteiger partial charge in [-0.05, 0) is 17.7 Å². The fourth-order valence-corrected chi connectivity index (χ4v) is 1.65. The van der Waals surface area contributed by atoms with Crippen LogP contribution in [0.3, 0.4) is 0 Å². The number of hydrogen-bond donors (Lipinski definition) is 0. The second-order valence-electron chi connectivity index (χ2n) is 3.06.